The topological polar surface area (TPSA) is 24.1 Å². The number of nitrogens with one attached hydrogen (secondary N) is 2. The largest absolute Gasteiger partial charge is 0.356 e. The lowest BCUT2D eigenvalue weighted by Gasteiger charge is -2.23. The number of aryl methyl sites for hydroxylation is 4. The van der Waals surface area contributed by atoms with Gasteiger partial charge in [-0.05, 0) is 109 Å². The summed E-state index contributed by atoms with van der Waals surface area (Å²) in [7, 11) is 0. The lowest BCUT2D eigenvalue weighted by atomic mass is 9.83. The van der Waals surface area contributed by atoms with Gasteiger partial charge >= 0.3 is 0 Å². The second-order valence-corrected chi connectivity index (χ2v) is 11.1. The van der Waals surface area contributed by atoms with Crippen LogP contribution in [-0.2, 0) is 0 Å². The van der Waals surface area contributed by atoms with Crippen LogP contribution in [0.2, 0.25) is 0 Å². The van der Waals surface area contributed by atoms with Gasteiger partial charge in [0, 0.05) is 28.3 Å². The van der Waals surface area contributed by atoms with Gasteiger partial charge in [0.05, 0.1) is 0 Å². The Morgan fingerprint density at radius 2 is 0.857 bits per heavy atom. The van der Waals surface area contributed by atoms with Gasteiger partial charge in [-0.25, -0.2) is 0 Å². The normalized spacial score (nSPS) is 10.9. The summed E-state index contributed by atoms with van der Waals surface area (Å²) in [6.45, 7) is 8.76. The molecule has 0 unspecified atom stereocenters. The van der Waals surface area contributed by atoms with Crippen molar-refractivity contribution in [3.8, 4) is 33.4 Å². The average Bonchev–Trinajstić information content (AvgIpc) is 2.99. The predicted molar refractivity (Wildman–Crippen MR) is 181 cm³/mol. The van der Waals surface area contributed by atoms with E-state index in [1.54, 1.807) is 0 Å². The molecule has 2 nitrogen and oxygen atoms in total. The zero-order valence-corrected chi connectivity index (χ0v) is 24.7. The van der Waals surface area contributed by atoms with Gasteiger partial charge in [0.15, 0.2) is 0 Å². The van der Waals surface area contributed by atoms with Crippen molar-refractivity contribution >= 4 is 22.7 Å². The molecule has 0 aliphatic heterocycles. The third-order valence-corrected chi connectivity index (χ3v) is 7.82. The number of hydrogen-bond donors (Lipinski definition) is 2. The van der Waals surface area contributed by atoms with Crippen molar-refractivity contribution in [3.63, 3.8) is 0 Å². The van der Waals surface area contributed by atoms with E-state index < -0.39 is 0 Å². The standard InChI is InChI=1S/C40H36N2/c1-27-15-21-35(29(3)25-27)39-37(31-17-19-34(20-18-31)41-32-11-7-5-8-12-32)23-24-38(42-33-13-9-6-10-14-33)40(39)36-22-16-28(2)26-30(36)4/h5-26,41-42H,1-4H3. The van der Waals surface area contributed by atoms with E-state index in [1.807, 2.05) is 18.2 Å². The molecule has 0 bridgehead atoms. The number of benzene rings is 6. The lowest BCUT2D eigenvalue weighted by molar-refractivity contribution is 1.36. The van der Waals surface area contributed by atoms with Crippen molar-refractivity contribution in [1.29, 1.82) is 0 Å². The van der Waals surface area contributed by atoms with E-state index in [1.165, 1.54) is 55.6 Å². The molecule has 0 aromatic heterocycles. The summed E-state index contributed by atoms with van der Waals surface area (Å²) in [6, 6.07) is 47.6. The first-order chi connectivity index (χ1) is 20.5. The van der Waals surface area contributed by atoms with Crippen LogP contribution in [0, 0.1) is 27.7 Å². The summed E-state index contributed by atoms with van der Waals surface area (Å²) in [5.74, 6) is 0. The van der Waals surface area contributed by atoms with Crippen LogP contribution in [-0.4, -0.2) is 0 Å². The smallest absolute Gasteiger partial charge is 0.0470 e. The maximum atomic E-state index is 3.76. The first kappa shape index (κ1) is 27.1. The molecule has 0 spiro atoms. The maximum absolute atomic E-state index is 3.76. The summed E-state index contributed by atoms with van der Waals surface area (Å²) in [5, 5.41) is 7.28. The Balaban J connectivity index is 1.58. The average molecular weight is 545 g/mol. The van der Waals surface area contributed by atoms with E-state index in [0.29, 0.717) is 0 Å². The first-order valence-electron chi connectivity index (χ1n) is 14.5. The van der Waals surface area contributed by atoms with Crippen molar-refractivity contribution in [3.05, 3.63) is 156 Å². The summed E-state index contributed by atoms with van der Waals surface area (Å²) in [4.78, 5) is 0. The Morgan fingerprint density at radius 1 is 0.381 bits per heavy atom. The second kappa shape index (κ2) is 11.8. The van der Waals surface area contributed by atoms with Crippen molar-refractivity contribution < 1.29 is 0 Å². The van der Waals surface area contributed by atoms with Crippen LogP contribution in [0.5, 0.6) is 0 Å². The van der Waals surface area contributed by atoms with E-state index in [2.05, 4.69) is 154 Å². The minimum Gasteiger partial charge on any atom is -0.356 e. The highest BCUT2D eigenvalue weighted by Crippen LogP contribution is 2.47. The molecule has 0 heterocycles. The molecule has 6 rings (SSSR count). The van der Waals surface area contributed by atoms with Crippen LogP contribution >= 0.6 is 0 Å². The van der Waals surface area contributed by atoms with E-state index in [4.69, 9.17) is 0 Å². The van der Waals surface area contributed by atoms with Gasteiger partial charge in [-0.2, -0.15) is 0 Å². The molecular weight excluding hydrogens is 508 g/mol. The molecule has 6 aromatic rings. The highest BCUT2D eigenvalue weighted by atomic mass is 14.9. The molecular formula is C40H36N2. The van der Waals surface area contributed by atoms with E-state index in [0.717, 1.165) is 22.7 Å². The Kier molecular flexibility index (Phi) is 7.62. The SMILES string of the molecule is Cc1ccc(-c2c(Nc3ccccc3)ccc(-c3ccc(Nc4ccccc4)cc3)c2-c2ccc(C)cc2C)c(C)c1. The number of anilines is 4. The predicted octanol–water partition coefficient (Wildman–Crippen LogP) is 11.4. The summed E-state index contributed by atoms with van der Waals surface area (Å²) < 4.78 is 0. The monoisotopic (exact) mass is 544 g/mol. The molecule has 0 saturated carbocycles. The number of para-hydroxylation sites is 2. The van der Waals surface area contributed by atoms with E-state index >= 15 is 0 Å². The number of hydrogen-bond acceptors (Lipinski definition) is 2. The van der Waals surface area contributed by atoms with Gasteiger partial charge in [-0.1, -0.05) is 102 Å². The van der Waals surface area contributed by atoms with Crippen molar-refractivity contribution in [2.24, 2.45) is 0 Å². The van der Waals surface area contributed by atoms with Crippen molar-refractivity contribution in [1.82, 2.24) is 0 Å². The van der Waals surface area contributed by atoms with E-state index in [9.17, 15) is 0 Å². The lowest BCUT2D eigenvalue weighted by Crippen LogP contribution is -2.00. The molecule has 2 heteroatoms. The fourth-order valence-electron chi connectivity index (χ4n) is 5.79. The fraction of sp³-hybridized carbons (Fsp3) is 0.100. The van der Waals surface area contributed by atoms with Crippen LogP contribution in [0.15, 0.2) is 133 Å². The van der Waals surface area contributed by atoms with Gasteiger partial charge in [0.25, 0.3) is 0 Å². The maximum Gasteiger partial charge on any atom is 0.0470 e. The molecule has 206 valence electrons. The van der Waals surface area contributed by atoms with Crippen LogP contribution < -0.4 is 10.6 Å². The van der Waals surface area contributed by atoms with Crippen LogP contribution in [0.3, 0.4) is 0 Å². The Morgan fingerprint density at radius 3 is 1.40 bits per heavy atom. The highest BCUT2D eigenvalue weighted by molar-refractivity contribution is 6.02. The Labute approximate surface area is 249 Å². The number of rotatable bonds is 7. The summed E-state index contributed by atoms with van der Waals surface area (Å²) in [5.41, 5.74) is 16.7. The molecule has 0 aliphatic carbocycles. The summed E-state index contributed by atoms with van der Waals surface area (Å²) >= 11 is 0. The minimum absolute atomic E-state index is 1.06. The minimum atomic E-state index is 1.06. The first-order valence-corrected chi connectivity index (χ1v) is 14.5. The fourth-order valence-corrected chi connectivity index (χ4v) is 5.79. The zero-order valence-electron chi connectivity index (χ0n) is 24.7. The van der Waals surface area contributed by atoms with Gasteiger partial charge < -0.3 is 10.6 Å². The molecule has 0 fully saturated rings. The molecule has 0 amide bonds. The van der Waals surface area contributed by atoms with Crippen LogP contribution in [0.1, 0.15) is 22.3 Å². The zero-order chi connectivity index (χ0) is 29.1. The van der Waals surface area contributed by atoms with E-state index in [-0.39, 0.29) is 0 Å². The Hall–Kier alpha value is -5.08. The Bertz CT molecular complexity index is 1840. The molecule has 0 radical (unpaired) electrons. The molecule has 0 atom stereocenters. The molecule has 0 saturated heterocycles. The molecule has 6 aromatic carbocycles. The highest BCUT2D eigenvalue weighted by Gasteiger charge is 2.21. The third kappa shape index (κ3) is 5.70. The van der Waals surface area contributed by atoms with Gasteiger partial charge in [0.1, 0.15) is 0 Å². The third-order valence-electron chi connectivity index (χ3n) is 7.82. The molecule has 2 N–H and O–H groups in total. The van der Waals surface area contributed by atoms with Gasteiger partial charge in [0.2, 0.25) is 0 Å². The van der Waals surface area contributed by atoms with Crippen LogP contribution in [0.25, 0.3) is 33.4 Å². The van der Waals surface area contributed by atoms with Crippen molar-refractivity contribution in [2.75, 3.05) is 10.6 Å². The molecule has 42 heavy (non-hydrogen) atoms. The quantitative estimate of drug-likeness (QED) is 0.209. The second-order valence-electron chi connectivity index (χ2n) is 11.1. The van der Waals surface area contributed by atoms with Crippen molar-refractivity contribution in [2.45, 2.75) is 27.7 Å². The van der Waals surface area contributed by atoms with Gasteiger partial charge in [-0.15, -0.1) is 0 Å². The van der Waals surface area contributed by atoms with Gasteiger partial charge in [-0.3, -0.25) is 0 Å². The van der Waals surface area contributed by atoms with Crippen LogP contribution in [0.4, 0.5) is 22.7 Å². The molecule has 0 aliphatic rings. The summed E-state index contributed by atoms with van der Waals surface area (Å²) in [6.07, 6.45) is 0.